The van der Waals surface area contributed by atoms with Crippen LogP contribution in [0.1, 0.15) is 41.0 Å². The molecule has 0 aliphatic heterocycles. The van der Waals surface area contributed by atoms with Gasteiger partial charge in [-0.2, -0.15) is 5.10 Å². The average molecular weight is 257 g/mol. The van der Waals surface area contributed by atoms with E-state index in [4.69, 9.17) is 0 Å². The van der Waals surface area contributed by atoms with E-state index in [9.17, 15) is 0 Å². The lowest BCUT2D eigenvalue weighted by molar-refractivity contribution is 0.567. The molecule has 1 aromatic carbocycles. The van der Waals surface area contributed by atoms with Crippen molar-refractivity contribution in [3.63, 3.8) is 0 Å². The number of nitrogens with zero attached hydrogens (tertiary/aromatic N) is 2. The highest BCUT2D eigenvalue weighted by molar-refractivity contribution is 5.29. The summed E-state index contributed by atoms with van der Waals surface area (Å²) in [5.41, 5.74) is 6.36. The SMILES string of the molecule is Cc1ccccc1CNC(C)c1c(C)nn(C)c1C. The molecule has 0 spiro atoms. The van der Waals surface area contributed by atoms with Gasteiger partial charge in [0, 0.05) is 30.9 Å². The highest BCUT2D eigenvalue weighted by atomic mass is 15.3. The van der Waals surface area contributed by atoms with Gasteiger partial charge in [0.1, 0.15) is 0 Å². The van der Waals surface area contributed by atoms with Gasteiger partial charge < -0.3 is 5.32 Å². The van der Waals surface area contributed by atoms with Crippen LogP contribution in [0.15, 0.2) is 24.3 Å². The Kier molecular flexibility index (Phi) is 4.05. The first-order valence-corrected chi connectivity index (χ1v) is 6.78. The van der Waals surface area contributed by atoms with Gasteiger partial charge in [-0.3, -0.25) is 4.68 Å². The van der Waals surface area contributed by atoms with Crippen molar-refractivity contribution in [2.45, 2.75) is 40.3 Å². The smallest absolute Gasteiger partial charge is 0.0644 e. The Bertz CT molecular complexity index is 569. The number of hydrogen-bond donors (Lipinski definition) is 1. The molecule has 3 nitrogen and oxygen atoms in total. The van der Waals surface area contributed by atoms with Crippen LogP contribution >= 0.6 is 0 Å². The van der Waals surface area contributed by atoms with Crippen LogP contribution in [0.25, 0.3) is 0 Å². The summed E-state index contributed by atoms with van der Waals surface area (Å²) in [5.74, 6) is 0. The topological polar surface area (TPSA) is 29.9 Å². The fraction of sp³-hybridized carbons (Fsp3) is 0.438. The van der Waals surface area contributed by atoms with Gasteiger partial charge in [-0.05, 0) is 38.8 Å². The van der Waals surface area contributed by atoms with Crippen LogP contribution in [0, 0.1) is 20.8 Å². The van der Waals surface area contributed by atoms with Gasteiger partial charge in [-0.25, -0.2) is 0 Å². The molecule has 1 heterocycles. The predicted octanol–water partition coefficient (Wildman–Crippen LogP) is 3.20. The van der Waals surface area contributed by atoms with E-state index in [1.165, 1.54) is 22.4 Å². The van der Waals surface area contributed by atoms with Crippen LogP contribution in [0.5, 0.6) is 0 Å². The van der Waals surface area contributed by atoms with Crippen molar-refractivity contribution < 1.29 is 0 Å². The summed E-state index contributed by atoms with van der Waals surface area (Å²) in [7, 11) is 2.00. The zero-order valence-electron chi connectivity index (χ0n) is 12.5. The van der Waals surface area contributed by atoms with E-state index in [1.807, 2.05) is 11.7 Å². The van der Waals surface area contributed by atoms with Gasteiger partial charge in [-0.15, -0.1) is 0 Å². The van der Waals surface area contributed by atoms with Crippen molar-refractivity contribution >= 4 is 0 Å². The number of nitrogens with one attached hydrogen (secondary N) is 1. The van der Waals surface area contributed by atoms with E-state index >= 15 is 0 Å². The Balaban J connectivity index is 2.10. The molecule has 102 valence electrons. The summed E-state index contributed by atoms with van der Waals surface area (Å²) in [6.45, 7) is 9.45. The first kappa shape index (κ1) is 13.8. The van der Waals surface area contributed by atoms with Gasteiger partial charge in [-0.1, -0.05) is 24.3 Å². The summed E-state index contributed by atoms with van der Waals surface area (Å²) in [6, 6.07) is 8.82. The number of rotatable bonds is 4. The maximum atomic E-state index is 4.48. The van der Waals surface area contributed by atoms with Gasteiger partial charge in [0.15, 0.2) is 0 Å². The second-order valence-corrected chi connectivity index (χ2v) is 5.24. The molecule has 1 atom stereocenters. The van der Waals surface area contributed by atoms with E-state index in [0.29, 0.717) is 6.04 Å². The normalized spacial score (nSPS) is 12.7. The summed E-state index contributed by atoms with van der Waals surface area (Å²) in [4.78, 5) is 0. The molecule has 0 radical (unpaired) electrons. The van der Waals surface area contributed by atoms with Crippen LogP contribution in [0.3, 0.4) is 0 Å². The van der Waals surface area contributed by atoms with Crippen molar-refractivity contribution in [1.82, 2.24) is 15.1 Å². The van der Waals surface area contributed by atoms with Crippen LogP contribution in [-0.4, -0.2) is 9.78 Å². The minimum Gasteiger partial charge on any atom is -0.306 e. The van der Waals surface area contributed by atoms with Gasteiger partial charge >= 0.3 is 0 Å². The summed E-state index contributed by atoms with van der Waals surface area (Å²) in [6.07, 6.45) is 0. The van der Waals surface area contributed by atoms with Crippen molar-refractivity contribution in [3.8, 4) is 0 Å². The molecule has 0 aliphatic carbocycles. The van der Waals surface area contributed by atoms with Crippen LogP contribution in [-0.2, 0) is 13.6 Å². The van der Waals surface area contributed by atoms with E-state index in [1.54, 1.807) is 0 Å². The van der Waals surface area contributed by atoms with E-state index in [2.05, 4.69) is 62.4 Å². The van der Waals surface area contributed by atoms with E-state index in [0.717, 1.165) is 12.2 Å². The zero-order chi connectivity index (χ0) is 14.0. The first-order chi connectivity index (χ1) is 9.00. The number of hydrogen-bond acceptors (Lipinski definition) is 2. The minimum absolute atomic E-state index is 0.313. The Morgan fingerprint density at radius 1 is 1.21 bits per heavy atom. The monoisotopic (exact) mass is 257 g/mol. The molecule has 0 amide bonds. The van der Waals surface area contributed by atoms with Crippen LogP contribution in [0.2, 0.25) is 0 Å². The van der Waals surface area contributed by atoms with Crippen molar-refractivity contribution in [1.29, 1.82) is 0 Å². The molecule has 1 N–H and O–H groups in total. The second-order valence-electron chi connectivity index (χ2n) is 5.24. The molecule has 0 bridgehead atoms. The first-order valence-electron chi connectivity index (χ1n) is 6.78. The predicted molar refractivity (Wildman–Crippen MR) is 79.1 cm³/mol. The molecule has 3 heteroatoms. The third-order valence-corrected chi connectivity index (χ3v) is 3.86. The maximum absolute atomic E-state index is 4.48. The summed E-state index contributed by atoms with van der Waals surface area (Å²) in [5, 5.41) is 8.08. The number of aryl methyl sites for hydroxylation is 3. The largest absolute Gasteiger partial charge is 0.306 e. The quantitative estimate of drug-likeness (QED) is 0.911. The van der Waals surface area contributed by atoms with E-state index < -0.39 is 0 Å². The van der Waals surface area contributed by atoms with Crippen molar-refractivity contribution in [2.24, 2.45) is 7.05 Å². The van der Waals surface area contributed by atoms with Crippen LogP contribution < -0.4 is 5.32 Å². The van der Waals surface area contributed by atoms with Gasteiger partial charge in [0.05, 0.1) is 5.69 Å². The summed E-state index contributed by atoms with van der Waals surface area (Å²) < 4.78 is 1.95. The lowest BCUT2D eigenvalue weighted by Gasteiger charge is -2.16. The van der Waals surface area contributed by atoms with Crippen LogP contribution in [0.4, 0.5) is 0 Å². The van der Waals surface area contributed by atoms with Gasteiger partial charge in [0.2, 0.25) is 0 Å². The molecule has 1 unspecified atom stereocenters. The summed E-state index contributed by atoms with van der Waals surface area (Å²) >= 11 is 0. The Morgan fingerprint density at radius 2 is 1.89 bits per heavy atom. The van der Waals surface area contributed by atoms with Crippen molar-refractivity contribution in [3.05, 3.63) is 52.3 Å². The molecule has 2 rings (SSSR count). The fourth-order valence-electron chi connectivity index (χ4n) is 2.59. The molecule has 0 saturated heterocycles. The lowest BCUT2D eigenvalue weighted by Crippen LogP contribution is -2.19. The number of aromatic nitrogens is 2. The Labute approximate surface area is 115 Å². The molecular weight excluding hydrogens is 234 g/mol. The molecule has 0 fully saturated rings. The highest BCUT2D eigenvalue weighted by Crippen LogP contribution is 2.21. The Morgan fingerprint density at radius 3 is 2.47 bits per heavy atom. The zero-order valence-corrected chi connectivity index (χ0v) is 12.5. The lowest BCUT2D eigenvalue weighted by atomic mass is 10.0. The average Bonchev–Trinajstić information content (AvgIpc) is 2.62. The molecule has 0 saturated carbocycles. The maximum Gasteiger partial charge on any atom is 0.0644 e. The third kappa shape index (κ3) is 2.87. The molecule has 1 aromatic heterocycles. The third-order valence-electron chi connectivity index (χ3n) is 3.86. The standard InChI is InChI=1S/C16H23N3/c1-11-8-6-7-9-15(11)10-17-12(2)16-13(3)18-19(5)14(16)4/h6-9,12,17H,10H2,1-5H3. The van der Waals surface area contributed by atoms with Crippen molar-refractivity contribution in [2.75, 3.05) is 0 Å². The number of benzene rings is 1. The minimum atomic E-state index is 0.313. The van der Waals surface area contributed by atoms with Gasteiger partial charge in [0.25, 0.3) is 0 Å². The molecule has 19 heavy (non-hydrogen) atoms. The molecule has 2 aromatic rings. The molecule has 0 aliphatic rings. The fourth-order valence-corrected chi connectivity index (χ4v) is 2.59. The van der Waals surface area contributed by atoms with E-state index in [-0.39, 0.29) is 0 Å². The Hall–Kier alpha value is -1.61. The highest BCUT2D eigenvalue weighted by Gasteiger charge is 2.15. The second kappa shape index (κ2) is 5.57. The molecular formula is C16H23N3.